The molecule has 3 nitrogen and oxygen atoms in total. The summed E-state index contributed by atoms with van der Waals surface area (Å²) in [4.78, 5) is 2.33. The van der Waals surface area contributed by atoms with E-state index < -0.39 is 11.6 Å². The second kappa shape index (κ2) is 6.73. The molecule has 0 saturated carbocycles. The van der Waals surface area contributed by atoms with Crippen LogP contribution in [0.4, 0.5) is 13.2 Å². The van der Waals surface area contributed by atoms with Gasteiger partial charge in [0.25, 0.3) is 0 Å². The molecule has 1 N–H and O–H groups in total. The third-order valence-electron chi connectivity index (χ3n) is 3.11. The molecular formula is C13H18F3N3. The van der Waals surface area contributed by atoms with E-state index >= 15 is 0 Å². The van der Waals surface area contributed by atoms with Crippen LogP contribution in [-0.2, 0) is 0 Å². The highest BCUT2D eigenvalue weighted by Crippen LogP contribution is 2.43. The molecule has 0 radical (unpaired) electrons. The van der Waals surface area contributed by atoms with Gasteiger partial charge in [-0.25, -0.2) is 0 Å². The van der Waals surface area contributed by atoms with E-state index in [4.69, 9.17) is 5.26 Å². The molecule has 0 bridgehead atoms. The lowest BCUT2D eigenvalue weighted by Gasteiger charge is -2.25. The first kappa shape index (κ1) is 15.7. The molecule has 2 aliphatic rings. The zero-order valence-corrected chi connectivity index (χ0v) is 10.9. The fraction of sp³-hybridized carbons (Fsp3) is 0.615. The lowest BCUT2D eigenvalue weighted by molar-refractivity contribution is -0.185. The van der Waals surface area contributed by atoms with E-state index in [9.17, 15) is 13.2 Å². The Kier molecular flexibility index (Phi) is 5.58. The molecule has 1 saturated heterocycles. The molecule has 2 rings (SSSR count). The van der Waals surface area contributed by atoms with Crippen LogP contribution in [0, 0.1) is 16.7 Å². The fourth-order valence-electron chi connectivity index (χ4n) is 1.75. The predicted molar refractivity (Wildman–Crippen MR) is 67.4 cm³/mol. The zero-order chi connectivity index (χ0) is 14.4. The number of halogens is 3. The summed E-state index contributed by atoms with van der Waals surface area (Å²) in [7, 11) is 2.15. The number of piperazine rings is 1. The number of alkyl halides is 3. The maximum absolute atomic E-state index is 12.3. The van der Waals surface area contributed by atoms with Gasteiger partial charge in [-0.05, 0) is 13.5 Å². The quantitative estimate of drug-likeness (QED) is 0.734. The molecule has 0 aromatic heterocycles. The van der Waals surface area contributed by atoms with Crippen LogP contribution in [0.25, 0.3) is 0 Å². The van der Waals surface area contributed by atoms with Crippen molar-refractivity contribution in [3.05, 3.63) is 24.3 Å². The average molecular weight is 273 g/mol. The molecule has 0 aromatic carbocycles. The second-order valence-electron chi connectivity index (χ2n) is 4.63. The molecule has 0 amide bonds. The van der Waals surface area contributed by atoms with E-state index in [0.29, 0.717) is 0 Å². The topological polar surface area (TPSA) is 39.1 Å². The molecule has 19 heavy (non-hydrogen) atoms. The van der Waals surface area contributed by atoms with Gasteiger partial charge in [0.15, 0.2) is 5.41 Å². The van der Waals surface area contributed by atoms with Crippen molar-refractivity contribution in [2.75, 3.05) is 33.2 Å². The van der Waals surface area contributed by atoms with Crippen molar-refractivity contribution < 1.29 is 13.2 Å². The van der Waals surface area contributed by atoms with Crippen LogP contribution < -0.4 is 5.32 Å². The van der Waals surface area contributed by atoms with Gasteiger partial charge in [0.05, 0.1) is 6.07 Å². The summed E-state index contributed by atoms with van der Waals surface area (Å²) >= 11 is 0. The molecule has 1 fully saturated rings. The minimum atomic E-state index is -4.48. The Balaban J connectivity index is 0.000000218. The Morgan fingerprint density at radius 3 is 2.16 bits per heavy atom. The molecule has 0 spiro atoms. The van der Waals surface area contributed by atoms with Crippen molar-refractivity contribution in [1.29, 1.82) is 5.26 Å². The molecule has 6 heteroatoms. The van der Waals surface area contributed by atoms with E-state index in [1.165, 1.54) is 37.4 Å². The van der Waals surface area contributed by atoms with Crippen LogP contribution in [0.2, 0.25) is 0 Å². The lowest BCUT2D eigenvalue weighted by Crippen LogP contribution is -2.40. The first-order chi connectivity index (χ1) is 8.91. The highest BCUT2D eigenvalue weighted by Gasteiger charge is 2.53. The number of nitrogens with zero attached hydrogens (tertiary/aromatic N) is 2. The number of rotatable bonds is 0. The minimum absolute atomic E-state index is 0.288. The highest BCUT2D eigenvalue weighted by molar-refractivity contribution is 5.26. The van der Waals surface area contributed by atoms with Crippen molar-refractivity contribution >= 4 is 0 Å². The number of allylic oxidation sites excluding steroid dienone is 4. The lowest BCUT2D eigenvalue weighted by atomic mass is 9.82. The third-order valence-corrected chi connectivity index (χ3v) is 3.11. The van der Waals surface area contributed by atoms with Gasteiger partial charge in [-0.3, -0.25) is 0 Å². The first-order valence-corrected chi connectivity index (χ1v) is 6.13. The minimum Gasteiger partial charge on any atom is -0.314 e. The SMILES string of the molecule is CN1CCNCC1.N#CC1(C(F)(F)F)C=CC=CC1. The van der Waals surface area contributed by atoms with E-state index in [1.807, 2.05) is 0 Å². The first-order valence-electron chi connectivity index (χ1n) is 6.13. The number of likely N-dealkylation sites (N-methyl/N-ethyl adjacent to an activating group) is 1. The van der Waals surface area contributed by atoms with Gasteiger partial charge in [-0.2, -0.15) is 18.4 Å². The maximum atomic E-state index is 12.3. The van der Waals surface area contributed by atoms with Gasteiger partial charge in [0.2, 0.25) is 0 Å². The average Bonchev–Trinajstić information content (AvgIpc) is 2.40. The molecule has 106 valence electrons. The molecule has 1 heterocycles. The van der Waals surface area contributed by atoms with Crippen molar-refractivity contribution in [2.24, 2.45) is 5.41 Å². The van der Waals surface area contributed by atoms with Crippen molar-refractivity contribution in [3.63, 3.8) is 0 Å². The van der Waals surface area contributed by atoms with E-state index in [1.54, 1.807) is 0 Å². The highest BCUT2D eigenvalue weighted by atomic mass is 19.4. The molecule has 1 aliphatic carbocycles. The summed E-state index contributed by atoms with van der Waals surface area (Å²) in [6, 6.07) is 1.29. The Bertz CT molecular complexity index is 376. The van der Waals surface area contributed by atoms with Crippen LogP contribution in [0.15, 0.2) is 24.3 Å². The summed E-state index contributed by atoms with van der Waals surface area (Å²) in [6.07, 6.45) is 0.220. The van der Waals surface area contributed by atoms with E-state index in [0.717, 1.165) is 19.2 Å². The molecule has 1 unspecified atom stereocenters. The zero-order valence-electron chi connectivity index (χ0n) is 10.9. The normalized spacial score (nSPS) is 27.3. The smallest absolute Gasteiger partial charge is 0.314 e. The van der Waals surface area contributed by atoms with Crippen molar-refractivity contribution in [2.45, 2.75) is 12.6 Å². The van der Waals surface area contributed by atoms with Crippen molar-refractivity contribution in [1.82, 2.24) is 10.2 Å². The Labute approximate surface area is 111 Å². The molecule has 0 aromatic rings. The van der Waals surface area contributed by atoms with Gasteiger partial charge in [-0.15, -0.1) is 0 Å². The summed E-state index contributed by atoms with van der Waals surface area (Å²) in [6.45, 7) is 4.74. The van der Waals surface area contributed by atoms with Gasteiger partial charge >= 0.3 is 6.18 Å². The van der Waals surface area contributed by atoms with Crippen LogP contribution in [-0.4, -0.2) is 44.3 Å². The maximum Gasteiger partial charge on any atom is 0.410 e. The number of hydrogen-bond acceptors (Lipinski definition) is 3. The van der Waals surface area contributed by atoms with E-state index in [2.05, 4.69) is 17.3 Å². The van der Waals surface area contributed by atoms with Crippen LogP contribution in [0.1, 0.15) is 6.42 Å². The van der Waals surface area contributed by atoms with Gasteiger partial charge in [0, 0.05) is 26.2 Å². The summed E-state index contributed by atoms with van der Waals surface area (Å²) in [5.41, 5.74) is -2.30. The molecule has 1 aliphatic heterocycles. The third kappa shape index (κ3) is 4.37. The van der Waals surface area contributed by atoms with Gasteiger partial charge in [-0.1, -0.05) is 24.3 Å². The summed E-state index contributed by atoms with van der Waals surface area (Å²) < 4.78 is 36.9. The van der Waals surface area contributed by atoms with Crippen LogP contribution in [0.5, 0.6) is 0 Å². The van der Waals surface area contributed by atoms with Crippen LogP contribution >= 0.6 is 0 Å². The summed E-state index contributed by atoms with van der Waals surface area (Å²) in [5, 5.41) is 11.7. The fourth-order valence-corrected chi connectivity index (χ4v) is 1.75. The largest absolute Gasteiger partial charge is 0.410 e. The van der Waals surface area contributed by atoms with Crippen LogP contribution in [0.3, 0.4) is 0 Å². The second-order valence-corrected chi connectivity index (χ2v) is 4.63. The Hall–Kier alpha value is -1.32. The molecule has 1 atom stereocenters. The number of nitriles is 1. The van der Waals surface area contributed by atoms with Crippen molar-refractivity contribution in [3.8, 4) is 6.07 Å². The Morgan fingerprint density at radius 2 is 1.89 bits per heavy atom. The molecular weight excluding hydrogens is 255 g/mol. The standard InChI is InChI=1S/C8H6F3N.C5H12N2/c9-8(10,11)7(6-12)4-2-1-3-5-7;1-7-4-2-6-3-5-7/h1-4H,5H2;6H,2-5H2,1H3. The number of hydrogen-bond donors (Lipinski definition) is 1. The monoisotopic (exact) mass is 273 g/mol. The van der Waals surface area contributed by atoms with Gasteiger partial charge in [0.1, 0.15) is 0 Å². The van der Waals surface area contributed by atoms with E-state index in [-0.39, 0.29) is 6.42 Å². The predicted octanol–water partition coefficient (Wildman–Crippen LogP) is 2.10. The summed E-state index contributed by atoms with van der Waals surface area (Å²) in [5.74, 6) is 0. The Morgan fingerprint density at radius 1 is 1.26 bits per heavy atom. The van der Waals surface area contributed by atoms with Gasteiger partial charge < -0.3 is 10.2 Å². The number of nitrogens with one attached hydrogen (secondary N) is 1.